The van der Waals surface area contributed by atoms with Crippen molar-refractivity contribution in [2.75, 3.05) is 18.5 Å². The summed E-state index contributed by atoms with van der Waals surface area (Å²) in [5.41, 5.74) is 2.36. The van der Waals surface area contributed by atoms with Crippen LogP contribution in [0.25, 0.3) is 0 Å². The smallest absolute Gasteiger partial charge is 0.0664 e. The zero-order valence-electron chi connectivity index (χ0n) is 11.5. The van der Waals surface area contributed by atoms with Crippen LogP contribution >= 0.6 is 0 Å². The van der Waals surface area contributed by atoms with Gasteiger partial charge in [0.05, 0.1) is 13.2 Å². The number of rotatable bonds is 7. The molecule has 4 heteroatoms. The summed E-state index contributed by atoms with van der Waals surface area (Å²) in [6, 6.07) is 10.7. The zero-order valence-corrected chi connectivity index (χ0v) is 11.5. The maximum atomic E-state index is 5.39. The van der Waals surface area contributed by atoms with E-state index in [1.165, 1.54) is 5.56 Å². The molecule has 102 valence electrons. The Balaban J connectivity index is 1.87. The maximum Gasteiger partial charge on any atom is 0.0664 e. The van der Waals surface area contributed by atoms with Gasteiger partial charge in [0, 0.05) is 30.7 Å². The van der Waals surface area contributed by atoms with Crippen LogP contribution in [0.1, 0.15) is 19.4 Å². The summed E-state index contributed by atoms with van der Waals surface area (Å²) in [7, 11) is 0. The Hall–Kier alpha value is -1.81. The summed E-state index contributed by atoms with van der Waals surface area (Å²) in [4.78, 5) is 0. The van der Waals surface area contributed by atoms with Gasteiger partial charge in [-0.1, -0.05) is 12.1 Å². The number of anilines is 1. The molecule has 1 atom stereocenters. The zero-order chi connectivity index (χ0) is 13.5. The second-order valence-electron chi connectivity index (χ2n) is 4.61. The lowest BCUT2D eigenvalue weighted by Crippen LogP contribution is -2.21. The molecule has 2 rings (SSSR count). The maximum absolute atomic E-state index is 5.39. The largest absolute Gasteiger partial charge is 0.380 e. The van der Waals surface area contributed by atoms with Crippen LogP contribution < -0.4 is 5.32 Å². The molecule has 0 spiro atoms. The van der Waals surface area contributed by atoms with Crippen LogP contribution in [-0.4, -0.2) is 29.0 Å². The third-order valence-electron chi connectivity index (χ3n) is 2.84. The minimum Gasteiger partial charge on any atom is -0.380 e. The summed E-state index contributed by atoms with van der Waals surface area (Å²) < 4.78 is 7.30. The van der Waals surface area contributed by atoms with E-state index in [4.69, 9.17) is 4.74 Å². The van der Waals surface area contributed by atoms with Crippen molar-refractivity contribution < 1.29 is 4.74 Å². The van der Waals surface area contributed by atoms with Crippen LogP contribution in [0.3, 0.4) is 0 Å². The van der Waals surface area contributed by atoms with Crippen molar-refractivity contribution in [2.24, 2.45) is 0 Å². The fourth-order valence-electron chi connectivity index (χ4n) is 1.91. The van der Waals surface area contributed by atoms with E-state index >= 15 is 0 Å². The van der Waals surface area contributed by atoms with E-state index in [2.05, 4.69) is 41.6 Å². The first-order valence-corrected chi connectivity index (χ1v) is 6.68. The molecule has 0 bridgehead atoms. The van der Waals surface area contributed by atoms with E-state index in [1.807, 2.05) is 23.9 Å². The van der Waals surface area contributed by atoms with E-state index < -0.39 is 0 Å². The molecule has 4 nitrogen and oxygen atoms in total. The Kier molecular flexibility index (Phi) is 4.98. The quantitative estimate of drug-likeness (QED) is 0.831. The van der Waals surface area contributed by atoms with E-state index in [9.17, 15) is 0 Å². The van der Waals surface area contributed by atoms with Gasteiger partial charge in [0.2, 0.25) is 0 Å². The fraction of sp³-hybridized carbons (Fsp3) is 0.400. The molecule has 0 aliphatic carbocycles. The number of nitrogens with one attached hydrogen (secondary N) is 1. The van der Waals surface area contributed by atoms with Crippen molar-refractivity contribution in [2.45, 2.75) is 26.4 Å². The molecule has 1 unspecified atom stereocenters. The van der Waals surface area contributed by atoms with Gasteiger partial charge in [-0.2, -0.15) is 5.10 Å². The molecular formula is C15H21N3O. The predicted octanol–water partition coefficient (Wildman–Crippen LogP) is 2.77. The first-order valence-electron chi connectivity index (χ1n) is 6.68. The van der Waals surface area contributed by atoms with Crippen molar-refractivity contribution in [3.63, 3.8) is 0 Å². The summed E-state index contributed by atoms with van der Waals surface area (Å²) in [5.74, 6) is 0. The van der Waals surface area contributed by atoms with Crippen LogP contribution in [0.4, 0.5) is 5.69 Å². The highest BCUT2D eigenvalue weighted by Crippen LogP contribution is 2.11. The Labute approximate surface area is 114 Å². The summed E-state index contributed by atoms with van der Waals surface area (Å²) in [6.45, 7) is 6.42. The van der Waals surface area contributed by atoms with Gasteiger partial charge in [0.1, 0.15) is 0 Å². The minimum atomic E-state index is 0.317. The van der Waals surface area contributed by atoms with Crippen molar-refractivity contribution in [1.29, 1.82) is 0 Å². The third-order valence-corrected chi connectivity index (χ3v) is 2.84. The Morgan fingerprint density at radius 3 is 2.74 bits per heavy atom. The third kappa shape index (κ3) is 4.41. The molecule has 1 aromatic heterocycles. The molecule has 0 amide bonds. The lowest BCUT2D eigenvalue weighted by atomic mass is 10.2. The Morgan fingerprint density at radius 2 is 2.11 bits per heavy atom. The first-order chi connectivity index (χ1) is 9.28. The number of nitrogens with zero attached hydrogens (tertiary/aromatic N) is 2. The molecule has 0 saturated heterocycles. The highest BCUT2D eigenvalue weighted by Gasteiger charge is 2.02. The van der Waals surface area contributed by atoms with Gasteiger partial charge in [-0.25, -0.2) is 0 Å². The molecule has 19 heavy (non-hydrogen) atoms. The van der Waals surface area contributed by atoms with Crippen molar-refractivity contribution in [3.05, 3.63) is 48.3 Å². The topological polar surface area (TPSA) is 39.1 Å². The fourth-order valence-corrected chi connectivity index (χ4v) is 1.91. The van der Waals surface area contributed by atoms with Gasteiger partial charge in [-0.05, 0) is 37.6 Å². The van der Waals surface area contributed by atoms with Gasteiger partial charge in [0.15, 0.2) is 0 Å². The van der Waals surface area contributed by atoms with E-state index in [1.54, 1.807) is 6.20 Å². The molecule has 1 N–H and O–H groups in total. The molecular weight excluding hydrogens is 238 g/mol. The Morgan fingerprint density at radius 1 is 1.32 bits per heavy atom. The summed E-state index contributed by atoms with van der Waals surface area (Å²) in [5, 5.41) is 7.62. The molecule has 2 aromatic rings. The van der Waals surface area contributed by atoms with Crippen LogP contribution in [0.2, 0.25) is 0 Å². The van der Waals surface area contributed by atoms with E-state index in [-0.39, 0.29) is 0 Å². The molecule has 1 aromatic carbocycles. The van der Waals surface area contributed by atoms with Crippen LogP contribution in [0.5, 0.6) is 0 Å². The average Bonchev–Trinajstić information content (AvgIpc) is 2.91. The van der Waals surface area contributed by atoms with Crippen LogP contribution in [0, 0.1) is 0 Å². The highest BCUT2D eigenvalue weighted by atomic mass is 16.5. The van der Waals surface area contributed by atoms with E-state index in [0.29, 0.717) is 6.04 Å². The van der Waals surface area contributed by atoms with Crippen molar-refractivity contribution in [1.82, 2.24) is 9.78 Å². The average molecular weight is 259 g/mol. The second-order valence-corrected chi connectivity index (χ2v) is 4.61. The van der Waals surface area contributed by atoms with Crippen LogP contribution in [-0.2, 0) is 11.3 Å². The SMILES string of the molecule is CCOCC(C)Nc1ccc(Cn2cccn2)cc1. The standard InChI is InChI=1S/C15H21N3O/c1-3-19-12-13(2)17-15-7-5-14(6-8-15)11-18-10-4-9-16-18/h4-10,13,17H,3,11-12H2,1-2H3. The number of benzene rings is 1. The second kappa shape index (κ2) is 6.95. The van der Waals surface area contributed by atoms with Gasteiger partial charge in [0.25, 0.3) is 0 Å². The molecule has 0 radical (unpaired) electrons. The molecule has 0 aliphatic rings. The summed E-state index contributed by atoms with van der Waals surface area (Å²) in [6.07, 6.45) is 3.77. The van der Waals surface area contributed by atoms with Crippen LogP contribution in [0.15, 0.2) is 42.7 Å². The molecule has 0 aliphatic heterocycles. The predicted molar refractivity (Wildman–Crippen MR) is 77.3 cm³/mol. The van der Waals surface area contributed by atoms with Gasteiger partial charge in [-0.15, -0.1) is 0 Å². The minimum absolute atomic E-state index is 0.317. The number of aromatic nitrogens is 2. The highest BCUT2D eigenvalue weighted by molar-refractivity contribution is 5.45. The lowest BCUT2D eigenvalue weighted by molar-refractivity contribution is 0.141. The van der Waals surface area contributed by atoms with Gasteiger partial charge < -0.3 is 10.1 Å². The first kappa shape index (κ1) is 13.6. The molecule has 0 fully saturated rings. The Bertz CT molecular complexity index is 465. The molecule has 0 saturated carbocycles. The lowest BCUT2D eigenvalue weighted by Gasteiger charge is -2.15. The van der Waals surface area contributed by atoms with Gasteiger partial charge in [-0.3, -0.25) is 4.68 Å². The van der Waals surface area contributed by atoms with Crippen molar-refractivity contribution in [3.8, 4) is 0 Å². The monoisotopic (exact) mass is 259 g/mol. The summed E-state index contributed by atoms with van der Waals surface area (Å²) >= 11 is 0. The van der Waals surface area contributed by atoms with Crippen molar-refractivity contribution >= 4 is 5.69 Å². The normalized spacial score (nSPS) is 12.3. The number of ether oxygens (including phenoxy) is 1. The molecule has 1 heterocycles. The van der Waals surface area contributed by atoms with Gasteiger partial charge >= 0.3 is 0 Å². The number of hydrogen-bond donors (Lipinski definition) is 1. The van der Waals surface area contributed by atoms with E-state index in [0.717, 1.165) is 25.4 Å². The number of hydrogen-bond acceptors (Lipinski definition) is 3.